The molecule has 102 valence electrons. The number of aromatic hydroxyl groups is 1. The Morgan fingerprint density at radius 3 is 2.35 bits per heavy atom. The van der Waals surface area contributed by atoms with Crippen LogP contribution >= 0.6 is 15.9 Å². The first-order valence-corrected chi connectivity index (χ1v) is 6.58. The summed E-state index contributed by atoms with van der Waals surface area (Å²) in [5.74, 6) is -1.89. The first-order chi connectivity index (χ1) is 9.47. The van der Waals surface area contributed by atoms with Crippen LogP contribution in [0.15, 0.2) is 46.9 Å². The van der Waals surface area contributed by atoms with Crippen LogP contribution in [0, 0.1) is 6.92 Å². The monoisotopic (exact) mass is 334 g/mol. The second kappa shape index (κ2) is 5.88. The Balaban J connectivity index is 2.17. The fourth-order valence-electron chi connectivity index (χ4n) is 1.56. The number of aryl methyl sites for hydroxylation is 1. The van der Waals surface area contributed by atoms with Gasteiger partial charge in [0.25, 0.3) is 0 Å². The molecule has 1 N–H and O–H groups in total. The molecule has 0 aliphatic rings. The summed E-state index contributed by atoms with van der Waals surface area (Å²) in [6.45, 7) is 1.89. The van der Waals surface area contributed by atoms with Crippen molar-refractivity contribution in [2.24, 2.45) is 0 Å². The van der Waals surface area contributed by atoms with Crippen molar-refractivity contribution >= 4 is 27.9 Å². The van der Waals surface area contributed by atoms with Crippen molar-refractivity contribution in [2.75, 3.05) is 0 Å². The number of rotatable bonds is 2. The Morgan fingerprint density at radius 1 is 1.05 bits per heavy atom. The van der Waals surface area contributed by atoms with E-state index in [0.29, 0.717) is 4.47 Å². The molecule has 0 saturated carbocycles. The van der Waals surface area contributed by atoms with E-state index in [0.717, 1.165) is 5.56 Å². The third-order valence-electron chi connectivity index (χ3n) is 2.65. The van der Waals surface area contributed by atoms with Gasteiger partial charge in [-0.1, -0.05) is 33.6 Å². The van der Waals surface area contributed by atoms with E-state index in [1.54, 1.807) is 30.3 Å². The topological polar surface area (TPSA) is 63.6 Å². The highest BCUT2D eigenvalue weighted by atomic mass is 79.9. The van der Waals surface area contributed by atoms with Crippen LogP contribution in [0.1, 0.15) is 26.3 Å². The molecule has 2 rings (SSSR count). The van der Waals surface area contributed by atoms with Gasteiger partial charge in [-0.2, -0.15) is 0 Å². The number of carbonyl (C=O) groups is 2. The molecule has 4 nitrogen and oxygen atoms in total. The summed E-state index contributed by atoms with van der Waals surface area (Å²) < 4.78 is 5.34. The number of carbonyl (C=O) groups excluding carboxylic acids is 2. The highest BCUT2D eigenvalue weighted by Gasteiger charge is 2.18. The Morgan fingerprint density at radius 2 is 1.70 bits per heavy atom. The van der Waals surface area contributed by atoms with E-state index in [1.807, 2.05) is 6.92 Å². The molecule has 0 spiro atoms. The molecule has 2 aromatic carbocycles. The molecule has 0 aromatic heterocycles. The molecule has 0 atom stereocenters. The molecule has 0 radical (unpaired) electrons. The lowest BCUT2D eigenvalue weighted by Gasteiger charge is -2.05. The molecule has 0 unspecified atom stereocenters. The summed E-state index contributed by atoms with van der Waals surface area (Å²) in [6.07, 6.45) is 0. The molecular formula is C15H11BrO4. The van der Waals surface area contributed by atoms with Crippen LogP contribution in [-0.2, 0) is 4.74 Å². The van der Waals surface area contributed by atoms with E-state index >= 15 is 0 Å². The molecule has 0 aliphatic heterocycles. The minimum Gasteiger partial charge on any atom is -0.507 e. The minimum atomic E-state index is -0.894. The van der Waals surface area contributed by atoms with Gasteiger partial charge in [-0.05, 0) is 37.3 Å². The number of hydrogen-bond acceptors (Lipinski definition) is 4. The predicted octanol–water partition coefficient (Wildman–Crippen LogP) is 3.46. The summed E-state index contributed by atoms with van der Waals surface area (Å²) in [4.78, 5) is 23.6. The molecule has 0 aliphatic carbocycles. The largest absolute Gasteiger partial charge is 0.507 e. The lowest BCUT2D eigenvalue weighted by atomic mass is 10.1. The van der Waals surface area contributed by atoms with Gasteiger partial charge >= 0.3 is 11.9 Å². The van der Waals surface area contributed by atoms with E-state index in [9.17, 15) is 14.7 Å². The quantitative estimate of drug-likeness (QED) is 0.674. The molecule has 0 bridgehead atoms. The number of halogens is 1. The van der Waals surface area contributed by atoms with Gasteiger partial charge in [0.1, 0.15) is 11.3 Å². The number of ether oxygens (including phenoxy) is 1. The fraction of sp³-hybridized carbons (Fsp3) is 0.0667. The van der Waals surface area contributed by atoms with Gasteiger partial charge in [-0.25, -0.2) is 9.59 Å². The van der Waals surface area contributed by atoms with Crippen LogP contribution < -0.4 is 0 Å². The molecule has 0 saturated heterocycles. The second-order valence-electron chi connectivity index (χ2n) is 4.20. The molecule has 0 amide bonds. The zero-order valence-electron chi connectivity index (χ0n) is 10.6. The Labute approximate surface area is 124 Å². The van der Waals surface area contributed by atoms with Gasteiger partial charge in [-0.3, -0.25) is 0 Å². The fourth-order valence-corrected chi connectivity index (χ4v) is 1.92. The van der Waals surface area contributed by atoms with Crippen molar-refractivity contribution in [1.29, 1.82) is 0 Å². The van der Waals surface area contributed by atoms with Crippen molar-refractivity contribution in [3.8, 4) is 5.75 Å². The predicted molar refractivity (Wildman–Crippen MR) is 76.7 cm³/mol. The van der Waals surface area contributed by atoms with E-state index < -0.39 is 11.9 Å². The van der Waals surface area contributed by atoms with Crippen LogP contribution in [0.3, 0.4) is 0 Å². The average molecular weight is 335 g/mol. The summed E-state index contributed by atoms with van der Waals surface area (Å²) in [7, 11) is 0. The smallest absolute Gasteiger partial charge is 0.349 e. The van der Waals surface area contributed by atoms with Gasteiger partial charge in [0.2, 0.25) is 0 Å². The minimum absolute atomic E-state index is 0.0696. The lowest BCUT2D eigenvalue weighted by Crippen LogP contribution is -2.13. The number of hydrogen-bond donors (Lipinski definition) is 1. The first-order valence-electron chi connectivity index (χ1n) is 5.79. The maximum absolute atomic E-state index is 11.8. The zero-order valence-corrected chi connectivity index (χ0v) is 12.2. The second-order valence-corrected chi connectivity index (χ2v) is 5.12. The highest BCUT2D eigenvalue weighted by Crippen LogP contribution is 2.23. The third kappa shape index (κ3) is 3.24. The van der Waals surface area contributed by atoms with Crippen molar-refractivity contribution in [2.45, 2.75) is 6.92 Å². The van der Waals surface area contributed by atoms with E-state index in [1.165, 1.54) is 12.1 Å². The van der Waals surface area contributed by atoms with Gasteiger partial charge in [0.05, 0.1) is 5.56 Å². The Hall–Kier alpha value is -2.14. The number of benzene rings is 2. The summed E-state index contributed by atoms with van der Waals surface area (Å²) in [6, 6.07) is 11.0. The van der Waals surface area contributed by atoms with Crippen molar-refractivity contribution in [1.82, 2.24) is 0 Å². The van der Waals surface area contributed by atoms with Gasteiger partial charge in [0, 0.05) is 4.47 Å². The van der Waals surface area contributed by atoms with Gasteiger partial charge in [0.15, 0.2) is 0 Å². The maximum atomic E-state index is 11.8. The van der Waals surface area contributed by atoms with Gasteiger partial charge < -0.3 is 9.84 Å². The van der Waals surface area contributed by atoms with Crippen LogP contribution in [0.25, 0.3) is 0 Å². The number of phenols is 1. The van der Waals surface area contributed by atoms with Crippen molar-refractivity contribution in [3.63, 3.8) is 0 Å². The highest BCUT2D eigenvalue weighted by molar-refractivity contribution is 9.10. The van der Waals surface area contributed by atoms with Crippen LogP contribution in [0.2, 0.25) is 0 Å². The molecular weight excluding hydrogens is 324 g/mol. The van der Waals surface area contributed by atoms with E-state index in [2.05, 4.69) is 15.9 Å². The summed E-state index contributed by atoms with van der Waals surface area (Å²) >= 11 is 3.18. The van der Waals surface area contributed by atoms with Crippen LogP contribution in [0.5, 0.6) is 5.75 Å². The summed E-state index contributed by atoms with van der Waals surface area (Å²) in [5, 5.41) is 9.59. The van der Waals surface area contributed by atoms with Gasteiger partial charge in [-0.15, -0.1) is 0 Å². The third-order valence-corrected chi connectivity index (χ3v) is 3.14. The molecule has 2 aromatic rings. The summed E-state index contributed by atoms with van der Waals surface area (Å²) in [5.41, 5.74) is 1.20. The van der Waals surface area contributed by atoms with Crippen LogP contribution in [0.4, 0.5) is 0 Å². The normalized spacial score (nSPS) is 10.1. The average Bonchev–Trinajstić information content (AvgIpc) is 2.42. The number of esters is 2. The van der Waals surface area contributed by atoms with Crippen molar-refractivity contribution in [3.05, 3.63) is 63.6 Å². The molecule has 5 heteroatoms. The van der Waals surface area contributed by atoms with E-state index in [4.69, 9.17) is 4.74 Å². The lowest BCUT2D eigenvalue weighted by molar-refractivity contribution is 0.0396. The van der Waals surface area contributed by atoms with Crippen LogP contribution in [-0.4, -0.2) is 17.0 Å². The SMILES string of the molecule is Cc1ccc(C(=O)OC(=O)c2cc(Br)ccc2O)cc1. The maximum Gasteiger partial charge on any atom is 0.349 e. The Kier molecular flexibility index (Phi) is 4.20. The molecule has 20 heavy (non-hydrogen) atoms. The standard InChI is InChI=1S/C15H11BrO4/c1-9-2-4-10(5-3-9)14(18)20-15(19)12-8-11(16)6-7-13(12)17/h2-8,17H,1H3. The Bertz CT molecular complexity index is 662. The number of phenolic OH excluding ortho intramolecular Hbond substituents is 1. The van der Waals surface area contributed by atoms with Crippen molar-refractivity contribution < 1.29 is 19.4 Å². The van der Waals surface area contributed by atoms with E-state index in [-0.39, 0.29) is 16.9 Å². The molecule has 0 heterocycles. The first kappa shape index (κ1) is 14.3. The zero-order chi connectivity index (χ0) is 14.7. The molecule has 0 fully saturated rings.